The van der Waals surface area contributed by atoms with E-state index in [9.17, 15) is 0 Å². The number of para-hydroxylation sites is 4. The summed E-state index contributed by atoms with van der Waals surface area (Å²) in [5.74, 6) is 0. The molecule has 0 aliphatic rings. The van der Waals surface area contributed by atoms with E-state index in [1.54, 1.807) is 0 Å². The smallest absolute Gasteiger partial charge is 0.0788 e. The Kier molecular flexibility index (Phi) is 7.11. The van der Waals surface area contributed by atoms with E-state index in [1.807, 2.05) is 0 Å². The van der Waals surface area contributed by atoms with Crippen LogP contribution >= 0.6 is 0 Å². The summed E-state index contributed by atoms with van der Waals surface area (Å²) in [6.45, 7) is 0. The van der Waals surface area contributed by atoms with Crippen molar-refractivity contribution in [3.8, 4) is 28.2 Å². The van der Waals surface area contributed by atoms with Crippen LogP contribution in [0.25, 0.3) is 126 Å². The van der Waals surface area contributed by atoms with E-state index in [0.29, 0.717) is 0 Å². The lowest BCUT2D eigenvalue weighted by Crippen LogP contribution is -1.99. The first-order chi connectivity index (χ1) is 31.3. The normalized spacial score (nSPS) is 12.1. The number of aromatic nitrogens is 3. The first-order valence-corrected chi connectivity index (χ1v) is 21.8. The zero-order chi connectivity index (χ0) is 41.2. The van der Waals surface area contributed by atoms with E-state index < -0.39 is 0 Å². The van der Waals surface area contributed by atoms with Gasteiger partial charge in [0.2, 0.25) is 0 Å². The van der Waals surface area contributed by atoms with Crippen LogP contribution in [0.3, 0.4) is 0 Å². The minimum absolute atomic E-state index is 1.13. The van der Waals surface area contributed by atoms with Crippen LogP contribution in [0, 0.1) is 0 Å². The molecule has 3 nitrogen and oxygen atoms in total. The third kappa shape index (κ3) is 4.85. The van der Waals surface area contributed by atoms with Gasteiger partial charge in [0.15, 0.2) is 0 Å². The lowest BCUT2D eigenvalue weighted by Gasteiger charge is -2.14. The van der Waals surface area contributed by atoms with Gasteiger partial charge < -0.3 is 13.7 Å². The van der Waals surface area contributed by atoms with E-state index in [4.69, 9.17) is 0 Å². The van der Waals surface area contributed by atoms with E-state index >= 15 is 0 Å². The molecule has 0 aliphatic carbocycles. The van der Waals surface area contributed by atoms with E-state index in [1.165, 1.54) is 109 Å². The Morgan fingerprint density at radius 3 is 1.16 bits per heavy atom. The zero-order valence-electron chi connectivity index (χ0n) is 34.2. The van der Waals surface area contributed by atoms with Crippen molar-refractivity contribution >= 4 is 97.7 Å². The Balaban J connectivity index is 1.00. The molecule has 0 unspecified atom stereocenters. The van der Waals surface area contributed by atoms with Crippen LogP contribution in [-0.4, -0.2) is 13.7 Å². The summed E-state index contributed by atoms with van der Waals surface area (Å²) < 4.78 is 7.39. The molecular weight excluding hydrogens is 763 g/mol. The van der Waals surface area contributed by atoms with Crippen LogP contribution in [0.2, 0.25) is 0 Å². The summed E-state index contributed by atoms with van der Waals surface area (Å²) in [6.07, 6.45) is 0. The second kappa shape index (κ2) is 13.1. The van der Waals surface area contributed by atoms with Crippen LogP contribution in [0.5, 0.6) is 0 Å². The van der Waals surface area contributed by atoms with Gasteiger partial charge in [-0.2, -0.15) is 0 Å². The standard InChI is InChI=1S/C60H37N3/c1-2-14-40(15-3-1)61-55-23-11-10-22-50(55)54-37-42(31-35-58(54)61)63-57-25-13-9-21-49(57)52-34-33-51-48-20-8-12-24-56(48)62(59(51)60(52)63)41-29-26-38(27-30-41)39-28-32-47-45-18-5-4-16-43(45)44-17-6-7-19-46(44)53(47)36-39/h1-37H. The molecule has 0 radical (unpaired) electrons. The summed E-state index contributed by atoms with van der Waals surface area (Å²) in [7, 11) is 0. The number of benzene rings is 11. The number of fused-ring (bicyclic) bond motifs is 16. The van der Waals surface area contributed by atoms with Gasteiger partial charge in [0, 0.05) is 49.4 Å². The highest BCUT2D eigenvalue weighted by atomic mass is 15.0. The van der Waals surface area contributed by atoms with E-state index in [0.717, 1.165) is 17.1 Å². The average Bonchev–Trinajstić information content (AvgIpc) is 4.00. The van der Waals surface area contributed by atoms with Crippen molar-refractivity contribution in [1.29, 1.82) is 0 Å². The van der Waals surface area contributed by atoms with Crippen molar-refractivity contribution in [2.75, 3.05) is 0 Å². The van der Waals surface area contributed by atoms with Crippen molar-refractivity contribution in [2.45, 2.75) is 0 Å². The SMILES string of the molecule is c1ccc(-n2c3ccccc3c3cc(-n4c5ccccc5c5ccc6c7ccccc7n(-c7ccc(-c8ccc9c%10ccccc%10c%10ccccc%10c9c8)cc7)c6c54)ccc32)cc1. The Morgan fingerprint density at radius 1 is 0.190 bits per heavy atom. The molecule has 63 heavy (non-hydrogen) atoms. The van der Waals surface area contributed by atoms with Gasteiger partial charge in [-0.05, 0) is 110 Å². The molecule has 0 spiro atoms. The van der Waals surface area contributed by atoms with E-state index in [2.05, 4.69) is 238 Å². The maximum absolute atomic E-state index is 2.51. The van der Waals surface area contributed by atoms with Crippen molar-refractivity contribution in [3.63, 3.8) is 0 Å². The fourth-order valence-corrected chi connectivity index (χ4v) is 10.9. The molecule has 0 saturated heterocycles. The van der Waals surface area contributed by atoms with Crippen molar-refractivity contribution < 1.29 is 0 Å². The lowest BCUT2D eigenvalue weighted by molar-refractivity contribution is 1.15. The maximum Gasteiger partial charge on any atom is 0.0788 e. The number of hydrogen-bond donors (Lipinski definition) is 0. The third-order valence-corrected chi connectivity index (χ3v) is 13.6. The van der Waals surface area contributed by atoms with E-state index in [-0.39, 0.29) is 0 Å². The number of nitrogens with zero attached hydrogens (tertiary/aromatic N) is 3. The van der Waals surface area contributed by atoms with Crippen molar-refractivity contribution in [3.05, 3.63) is 224 Å². The molecule has 3 heterocycles. The van der Waals surface area contributed by atoms with Gasteiger partial charge in [-0.25, -0.2) is 0 Å². The van der Waals surface area contributed by atoms with Crippen LogP contribution in [0.4, 0.5) is 0 Å². The van der Waals surface area contributed by atoms with Gasteiger partial charge in [-0.15, -0.1) is 0 Å². The Labute approximate surface area is 362 Å². The van der Waals surface area contributed by atoms with Gasteiger partial charge in [0.1, 0.15) is 0 Å². The largest absolute Gasteiger partial charge is 0.309 e. The molecule has 0 N–H and O–H groups in total. The molecule has 0 atom stereocenters. The molecule has 292 valence electrons. The second-order valence-electron chi connectivity index (χ2n) is 16.9. The summed E-state index contributed by atoms with van der Waals surface area (Å²) in [5, 5.41) is 15.2. The molecule has 0 aliphatic heterocycles. The predicted octanol–water partition coefficient (Wildman–Crippen LogP) is 16.1. The summed E-state index contributed by atoms with van der Waals surface area (Å²) in [6, 6.07) is 82.7. The van der Waals surface area contributed by atoms with Crippen LogP contribution in [0.1, 0.15) is 0 Å². The fraction of sp³-hybridized carbons (Fsp3) is 0. The molecule has 0 fully saturated rings. The molecule has 0 amide bonds. The quantitative estimate of drug-likeness (QED) is 0.158. The van der Waals surface area contributed by atoms with Gasteiger partial charge in [0.25, 0.3) is 0 Å². The molecule has 14 aromatic rings. The first kappa shape index (κ1) is 34.3. The first-order valence-electron chi connectivity index (χ1n) is 21.8. The van der Waals surface area contributed by atoms with Gasteiger partial charge >= 0.3 is 0 Å². The van der Waals surface area contributed by atoms with Crippen molar-refractivity contribution in [2.24, 2.45) is 0 Å². The second-order valence-corrected chi connectivity index (χ2v) is 16.9. The molecule has 14 rings (SSSR count). The minimum atomic E-state index is 1.13. The van der Waals surface area contributed by atoms with Crippen LogP contribution < -0.4 is 0 Å². The Hall–Kier alpha value is -8.40. The zero-order valence-corrected chi connectivity index (χ0v) is 34.2. The third-order valence-electron chi connectivity index (χ3n) is 13.6. The lowest BCUT2D eigenvalue weighted by atomic mass is 9.92. The number of rotatable bonds is 4. The highest BCUT2D eigenvalue weighted by Crippen LogP contribution is 2.44. The molecule has 11 aromatic carbocycles. The van der Waals surface area contributed by atoms with Crippen LogP contribution in [-0.2, 0) is 0 Å². The highest BCUT2D eigenvalue weighted by molar-refractivity contribution is 6.26. The average molecular weight is 800 g/mol. The number of hydrogen-bond acceptors (Lipinski definition) is 0. The molecule has 0 bridgehead atoms. The van der Waals surface area contributed by atoms with Gasteiger partial charge in [-0.1, -0.05) is 158 Å². The molecule has 3 aromatic heterocycles. The summed E-state index contributed by atoms with van der Waals surface area (Å²) >= 11 is 0. The monoisotopic (exact) mass is 799 g/mol. The van der Waals surface area contributed by atoms with Crippen LogP contribution in [0.15, 0.2) is 224 Å². The topological polar surface area (TPSA) is 14.8 Å². The predicted molar refractivity (Wildman–Crippen MR) is 267 cm³/mol. The summed E-state index contributed by atoms with van der Waals surface area (Å²) in [5.41, 5.74) is 13.0. The van der Waals surface area contributed by atoms with Gasteiger partial charge in [-0.3, -0.25) is 0 Å². The highest BCUT2D eigenvalue weighted by Gasteiger charge is 2.22. The summed E-state index contributed by atoms with van der Waals surface area (Å²) in [4.78, 5) is 0. The maximum atomic E-state index is 2.51. The fourth-order valence-electron chi connectivity index (χ4n) is 10.9. The molecular formula is C60H37N3. The Bertz CT molecular complexity index is 4150. The Morgan fingerprint density at radius 2 is 0.571 bits per heavy atom. The minimum Gasteiger partial charge on any atom is -0.309 e. The molecule has 3 heteroatoms. The van der Waals surface area contributed by atoms with Crippen molar-refractivity contribution in [1.82, 2.24) is 13.7 Å². The molecule has 0 saturated carbocycles. The van der Waals surface area contributed by atoms with Gasteiger partial charge in [0.05, 0.1) is 33.1 Å².